The van der Waals surface area contributed by atoms with E-state index in [0.29, 0.717) is 15.6 Å². The van der Waals surface area contributed by atoms with Gasteiger partial charge in [-0.2, -0.15) is 0 Å². The molecular formula is C16H12Cl2O2. The van der Waals surface area contributed by atoms with Gasteiger partial charge in [0.25, 0.3) is 0 Å². The van der Waals surface area contributed by atoms with Crippen molar-refractivity contribution in [1.82, 2.24) is 0 Å². The molecule has 0 aliphatic heterocycles. The molecule has 0 bridgehead atoms. The van der Waals surface area contributed by atoms with Gasteiger partial charge in [0.2, 0.25) is 0 Å². The second-order valence-corrected chi connectivity index (χ2v) is 5.19. The van der Waals surface area contributed by atoms with Crippen LogP contribution in [0.2, 0.25) is 10.0 Å². The van der Waals surface area contributed by atoms with Crippen LogP contribution in [0.1, 0.15) is 12.5 Å². The smallest absolute Gasteiger partial charge is 0.328 e. The van der Waals surface area contributed by atoms with E-state index in [1.165, 1.54) is 6.08 Å². The van der Waals surface area contributed by atoms with Crippen LogP contribution in [-0.2, 0) is 4.79 Å². The maximum atomic E-state index is 10.6. The van der Waals surface area contributed by atoms with E-state index in [0.717, 1.165) is 16.7 Å². The Bertz CT molecular complexity index is 673. The molecular weight excluding hydrogens is 295 g/mol. The third-order valence-electron chi connectivity index (χ3n) is 2.93. The number of halogens is 2. The molecule has 0 aliphatic rings. The van der Waals surface area contributed by atoms with Crippen LogP contribution in [0.4, 0.5) is 0 Å². The summed E-state index contributed by atoms with van der Waals surface area (Å²) in [5.41, 5.74) is 3.54. The molecule has 4 heteroatoms. The zero-order valence-electron chi connectivity index (χ0n) is 10.7. The van der Waals surface area contributed by atoms with Gasteiger partial charge in [0.05, 0.1) is 10.0 Å². The number of carbonyl (C=O) groups is 1. The molecule has 0 saturated carbocycles. The van der Waals surface area contributed by atoms with E-state index < -0.39 is 5.97 Å². The summed E-state index contributed by atoms with van der Waals surface area (Å²) in [6.45, 7) is 1.77. The van der Waals surface area contributed by atoms with Crippen molar-refractivity contribution in [1.29, 1.82) is 0 Å². The Morgan fingerprint density at radius 1 is 1.00 bits per heavy atom. The van der Waals surface area contributed by atoms with E-state index >= 15 is 0 Å². The summed E-state index contributed by atoms with van der Waals surface area (Å²) in [6.07, 6.45) is 1.19. The standard InChI is InChI=1S/C16H12Cl2O2/c1-10(8-16(19)20)11-2-4-12(5-3-11)13-6-7-14(17)15(18)9-13/h2-9H,1H3,(H,19,20). The minimum absolute atomic E-state index is 0.509. The lowest BCUT2D eigenvalue weighted by Crippen LogP contribution is -1.90. The summed E-state index contributed by atoms with van der Waals surface area (Å²) >= 11 is 11.9. The lowest BCUT2D eigenvalue weighted by Gasteiger charge is -2.06. The molecule has 102 valence electrons. The molecule has 0 saturated heterocycles. The molecule has 0 radical (unpaired) electrons. The topological polar surface area (TPSA) is 37.3 Å². The van der Waals surface area contributed by atoms with Crippen molar-refractivity contribution in [3.63, 3.8) is 0 Å². The van der Waals surface area contributed by atoms with Crippen LogP contribution in [0, 0.1) is 0 Å². The largest absolute Gasteiger partial charge is 0.478 e. The summed E-state index contributed by atoms with van der Waals surface area (Å²) in [4.78, 5) is 10.6. The first-order valence-corrected chi connectivity index (χ1v) is 6.70. The van der Waals surface area contributed by atoms with Crippen molar-refractivity contribution in [3.05, 3.63) is 64.1 Å². The second kappa shape index (κ2) is 6.12. The minimum atomic E-state index is -0.948. The van der Waals surface area contributed by atoms with Crippen molar-refractivity contribution in [2.45, 2.75) is 6.92 Å². The van der Waals surface area contributed by atoms with Crippen molar-refractivity contribution in [3.8, 4) is 11.1 Å². The summed E-state index contributed by atoms with van der Waals surface area (Å²) in [6, 6.07) is 13.1. The van der Waals surface area contributed by atoms with Gasteiger partial charge >= 0.3 is 5.97 Å². The van der Waals surface area contributed by atoms with Crippen LogP contribution in [-0.4, -0.2) is 11.1 Å². The highest BCUT2D eigenvalue weighted by Crippen LogP contribution is 2.29. The highest BCUT2D eigenvalue weighted by Gasteiger charge is 2.03. The number of benzene rings is 2. The molecule has 2 aromatic rings. The molecule has 0 heterocycles. The lowest BCUT2D eigenvalue weighted by atomic mass is 10.0. The van der Waals surface area contributed by atoms with Crippen molar-refractivity contribution in [2.75, 3.05) is 0 Å². The fourth-order valence-corrected chi connectivity index (χ4v) is 2.17. The number of hydrogen-bond acceptors (Lipinski definition) is 1. The number of rotatable bonds is 3. The Morgan fingerprint density at radius 2 is 1.60 bits per heavy atom. The van der Waals surface area contributed by atoms with Gasteiger partial charge in [0.15, 0.2) is 0 Å². The van der Waals surface area contributed by atoms with Gasteiger partial charge in [-0.3, -0.25) is 0 Å². The number of hydrogen-bond donors (Lipinski definition) is 1. The van der Waals surface area contributed by atoms with Crippen LogP contribution in [0.25, 0.3) is 16.7 Å². The molecule has 2 aromatic carbocycles. The van der Waals surface area contributed by atoms with E-state index in [2.05, 4.69) is 0 Å². The zero-order valence-corrected chi connectivity index (χ0v) is 12.2. The van der Waals surface area contributed by atoms with E-state index in [1.807, 2.05) is 30.3 Å². The van der Waals surface area contributed by atoms with Crippen LogP contribution >= 0.6 is 23.2 Å². The molecule has 0 spiro atoms. The Morgan fingerprint density at radius 3 is 2.15 bits per heavy atom. The number of carboxylic acid groups (broad SMARTS) is 1. The fourth-order valence-electron chi connectivity index (χ4n) is 1.87. The minimum Gasteiger partial charge on any atom is -0.478 e. The molecule has 2 nitrogen and oxygen atoms in total. The van der Waals surface area contributed by atoms with Gasteiger partial charge in [-0.25, -0.2) is 4.79 Å². The monoisotopic (exact) mass is 306 g/mol. The summed E-state index contributed by atoms with van der Waals surface area (Å²) < 4.78 is 0. The maximum Gasteiger partial charge on any atom is 0.328 e. The molecule has 20 heavy (non-hydrogen) atoms. The number of carboxylic acids is 1. The average Bonchev–Trinajstić information content (AvgIpc) is 2.41. The normalized spacial score (nSPS) is 11.4. The Labute approximate surface area is 127 Å². The predicted octanol–water partition coefficient (Wildman–Crippen LogP) is 5.15. The first-order chi connectivity index (χ1) is 9.47. The van der Waals surface area contributed by atoms with E-state index in [9.17, 15) is 4.79 Å². The molecule has 0 atom stereocenters. The Kier molecular flexibility index (Phi) is 4.48. The Balaban J connectivity index is 2.32. The molecule has 0 aromatic heterocycles. The van der Waals surface area contributed by atoms with Crippen LogP contribution in [0.15, 0.2) is 48.5 Å². The van der Waals surface area contributed by atoms with Gasteiger partial charge in [-0.15, -0.1) is 0 Å². The molecule has 0 fully saturated rings. The van der Waals surface area contributed by atoms with E-state index in [1.54, 1.807) is 19.1 Å². The highest BCUT2D eigenvalue weighted by atomic mass is 35.5. The van der Waals surface area contributed by atoms with Gasteiger partial charge in [-0.05, 0) is 41.3 Å². The molecule has 0 amide bonds. The van der Waals surface area contributed by atoms with Crippen LogP contribution < -0.4 is 0 Å². The summed E-state index contributed by atoms with van der Waals surface area (Å²) in [5.74, 6) is -0.948. The second-order valence-electron chi connectivity index (χ2n) is 4.37. The molecule has 0 unspecified atom stereocenters. The Hall–Kier alpha value is -1.77. The predicted molar refractivity (Wildman–Crippen MR) is 83.2 cm³/mol. The van der Waals surface area contributed by atoms with Gasteiger partial charge in [0.1, 0.15) is 0 Å². The van der Waals surface area contributed by atoms with Crippen molar-refractivity contribution in [2.24, 2.45) is 0 Å². The summed E-state index contributed by atoms with van der Waals surface area (Å²) in [7, 11) is 0. The van der Waals surface area contributed by atoms with Crippen LogP contribution in [0.3, 0.4) is 0 Å². The van der Waals surface area contributed by atoms with E-state index in [4.69, 9.17) is 28.3 Å². The zero-order chi connectivity index (χ0) is 14.7. The first-order valence-electron chi connectivity index (χ1n) is 5.94. The summed E-state index contributed by atoms with van der Waals surface area (Å²) in [5, 5.41) is 9.76. The molecule has 0 aliphatic carbocycles. The lowest BCUT2D eigenvalue weighted by molar-refractivity contribution is -0.131. The maximum absolute atomic E-state index is 10.6. The third kappa shape index (κ3) is 3.41. The van der Waals surface area contributed by atoms with Gasteiger partial charge in [0, 0.05) is 6.08 Å². The number of aliphatic carboxylic acids is 1. The SMILES string of the molecule is CC(=CC(=O)O)c1ccc(-c2ccc(Cl)c(Cl)c2)cc1. The van der Waals surface area contributed by atoms with Gasteiger partial charge in [-0.1, -0.05) is 53.5 Å². The number of allylic oxidation sites excluding steroid dienone is 1. The van der Waals surface area contributed by atoms with Gasteiger partial charge < -0.3 is 5.11 Å². The van der Waals surface area contributed by atoms with E-state index in [-0.39, 0.29) is 0 Å². The first kappa shape index (κ1) is 14.6. The van der Waals surface area contributed by atoms with Crippen LogP contribution in [0.5, 0.6) is 0 Å². The average molecular weight is 307 g/mol. The highest BCUT2D eigenvalue weighted by molar-refractivity contribution is 6.42. The fraction of sp³-hybridized carbons (Fsp3) is 0.0625. The third-order valence-corrected chi connectivity index (χ3v) is 3.67. The molecule has 1 N–H and O–H groups in total. The molecule has 2 rings (SSSR count). The quantitative estimate of drug-likeness (QED) is 0.796. The van der Waals surface area contributed by atoms with Crippen molar-refractivity contribution >= 4 is 34.7 Å². The van der Waals surface area contributed by atoms with Crippen molar-refractivity contribution < 1.29 is 9.90 Å².